The number of aliphatic imine (C=N–C) groups is 1. The second-order valence-corrected chi connectivity index (χ2v) is 8.25. The van der Waals surface area contributed by atoms with E-state index in [0.29, 0.717) is 15.1 Å². The zero-order valence-corrected chi connectivity index (χ0v) is 16.5. The molecule has 29 heavy (non-hydrogen) atoms. The maximum atomic E-state index is 12.4. The van der Waals surface area contributed by atoms with Gasteiger partial charge in [0.05, 0.1) is 11.5 Å². The van der Waals surface area contributed by atoms with E-state index in [1.165, 1.54) is 46.7 Å². The smallest absolute Gasteiger partial charge is 0.283 e. The van der Waals surface area contributed by atoms with Crippen molar-refractivity contribution in [2.75, 3.05) is 0 Å². The number of amidine groups is 2. The van der Waals surface area contributed by atoms with Gasteiger partial charge in [0.15, 0.2) is 10.2 Å². The number of aromatic carboxylic acids is 1. The van der Waals surface area contributed by atoms with Crippen molar-refractivity contribution in [1.29, 1.82) is 5.41 Å². The summed E-state index contributed by atoms with van der Waals surface area (Å²) >= 11 is 2.78. The highest BCUT2D eigenvalue weighted by atomic mass is 32.2. The lowest BCUT2D eigenvalue weighted by atomic mass is 10.1. The number of hydrazone groups is 1. The molecule has 0 fully saturated rings. The van der Waals surface area contributed by atoms with Gasteiger partial charge in [-0.2, -0.15) is 10.0 Å². The Balaban J connectivity index is 1.52. The summed E-state index contributed by atoms with van der Waals surface area (Å²) in [6.07, 6.45) is 1.50. The number of nitrogens with one attached hydrogen (secondary N) is 1. The minimum Gasteiger partial charge on any atom is -0.545 e. The fourth-order valence-corrected chi connectivity index (χ4v) is 4.52. The molecular formula is C20H13N4O3S2-. The number of nitrogens with zero attached hydrogens (tertiary/aromatic N) is 3. The van der Waals surface area contributed by atoms with Crippen molar-refractivity contribution >= 4 is 56.9 Å². The molecule has 2 aromatic rings. The van der Waals surface area contributed by atoms with Crippen LogP contribution in [0.3, 0.4) is 0 Å². The molecule has 2 aromatic carbocycles. The van der Waals surface area contributed by atoms with Crippen molar-refractivity contribution in [3.05, 3.63) is 76.9 Å². The number of amides is 1. The summed E-state index contributed by atoms with van der Waals surface area (Å²) < 4.78 is 0.713. The third kappa shape index (κ3) is 4.15. The first-order valence-corrected chi connectivity index (χ1v) is 10.3. The van der Waals surface area contributed by atoms with Crippen LogP contribution in [0.1, 0.15) is 21.5 Å². The van der Waals surface area contributed by atoms with Gasteiger partial charge in [-0.05, 0) is 34.5 Å². The first kappa shape index (κ1) is 19.2. The summed E-state index contributed by atoms with van der Waals surface area (Å²) in [4.78, 5) is 27.3. The van der Waals surface area contributed by atoms with Gasteiger partial charge < -0.3 is 9.90 Å². The Morgan fingerprint density at radius 1 is 1.17 bits per heavy atom. The second kappa shape index (κ2) is 8.06. The maximum Gasteiger partial charge on any atom is 0.283 e. The quantitative estimate of drug-likeness (QED) is 0.760. The predicted octanol–water partition coefficient (Wildman–Crippen LogP) is 2.56. The SMILES string of the molecule is N=C1/C(=C/c2ccc(C(=O)[O-])cc2)C(=O)N=C2SC(SCc3ccccc3)=NN12. The number of fused-ring (bicyclic) bond motifs is 1. The Bertz CT molecular complexity index is 1090. The molecule has 2 heterocycles. The molecule has 2 aliphatic heterocycles. The van der Waals surface area contributed by atoms with E-state index in [2.05, 4.69) is 10.1 Å². The van der Waals surface area contributed by atoms with Crippen LogP contribution in [-0.2, 0) is 10.5 Å². The third-order valence-electron chi connectivity index (χ3n) is 4.10. The van der Waals surface area contributed by atoms with Gasteiger partial charge in [-0.15, -0.1) is 5.10 Å². The fraction of sp³-hybridized carbons (Fsp3) is 0.0500. The number of thioether (sulfide) groups is 2. The van der Waals surface area contributed by atoms with Crippen LogP contribution < -0.4 is 5.11 Å². The molecule has 0 aliphatic carbocycles. The molecule has 0 unspecified atom stereocenters. The number of carbonyl (C=O) groups excluding carboxylic acids is 2. The normalized spacial score (nSPS) is 17.2. The van der Waals surface area contributed by atoms with Crippen LogP contribution in [0.5, 0.6) is 0 Å². The molecule has 0 spiro atoms. The first-order valence-electron chi connectivity index (χ1n) is 8.49. The monoisotopic (exact) mass is 421 g/mol. The summed E-state index contributed by atoms with van der Waals surface area (Å²) in [7, 11) is 0. The van der Waals surface area contributed by atoms with E-state index in [1.807, 2.05) is 30.3 Å². The summed E-state index contributed by atoms with van der Waals surface area (Å²) in [6, 6.07) is 15.8. The van der Waals surface area contributed by atoms with Gasteiger partial charge in [-0.25, -0.2) is 0 Å². The summed E-state index contributed by atoms with van der Waals surface area (Å²) in [5.74, 6) is -1.14. The van der Waals surface area contributed by atoms with Crippen molar-refractivity contribution in [1.82, 2.24) is 5.01 Å². The van der Waals surface area contributed by atoms with E-state index >= 15 is 0 Å². The minimum absolute atomic E-state index is 0.0399. The molecule has 0 radical (unpaired) electrons. The second-order valence-electron chi connectivity index (χ2n) is 6.07. The van der Waals surface area contributed by atoms with Gasteiger partial charge in [-0.1, -0.05) is 66.4 Å². The molecule has 4 rings (SSSR count). The molecule has 0 saturated heterocycles. The molecular weight excluding hydrogens is 408 g/mol. The highest BCUT2D eigenvalue weighted by molar-refractivity contribution is 8.45. The molecule has 2 aliphatic rings. The number of hydrogen-bond donors (Lipinski definition) is 1. The Kier molecular flexibility index (Phi) is 5.32. The minimum atomic E-state index is -1.27. The van der Waals surface area contributed by atoms with Crippen molar-refractivity contribution in [2.45, 2.75) is 5.75 Å². The molecule has 0 bridgehead atoms. The van der Waals surface area contributed by atoms with E-state index in [9.17, 15) is 14.7 Å². The Labute approximate surface area is 174 Å². The number of rotatable bonds is 4. The molecule has 0 aromatic heterocycles. The number of benzene rings is 2. The van der Waals surface area contributed by atoms with Crippen molar-refractivity contribution in [2.24, 2.45) is 10.1 Å². The average molecular weight is 421 g/mol. The summed E-state index contributed by atoms with van der Waals surface area (Å²) in [5, 5.41) is 25.3. The zero-order valence-electron chi connectivity index (χ0n) is 14.9. The highest BCUT2D eigenvalue weighted by Crippen LogP contribution is 2.33. The molecule has 0 atom stereocenters. The van der Waals surface area contributed by atoms with Gasteiger partial charge in [-0.3, -0.25) is 10.2 Å². The zero-order chi connectivity index (χ0) is 20.4. The number of hydrogen-bond acceptors (Lipinski definition) is 7. The van der Waals surface area contributed by atoms with Crippen molar-refractivity contribution in [3.8, 4) is 0 Å². The van der Waals surface area contributed by atoms with Crippen LogP contribution in [0, 0.1) is 5.41 Å². The molecule has 7 nitrogen and oxygen atoms in total. The van der Waals surface area contributed by atoms with Crippen molar-refractivity contribution < 1.29 is 14.7 Å². The lowest BCUT2D eigenvalue weighted by molar-refractivity contribution is -0.255. The van der Waals surface area contributed by atoms with Crippen LogP contribution >= 0.6 is 23.5 Å². The van der Waals surface area contributed by atoms with Gasteiger partial charge >= 0.3 is 0 Å². The van der Waals surface area contributed by atoms with E-state index in [0.717, 1.165) is 11.3 Å². The highest BCUT2D eigenvalue weighted by Gasteiger charge is 2.35. The topological polar surface area (TPSA) is 109 Å². The van der Waals surface area contributed by atoms with E-state index < -0.39 is 11.9 Å². The lowest BCUT2D eigenvalue weighted by Crippen LogP contribution is -2.35. The number of carbonyl (C=O) groups is 2. The largest absolute Gasteiger partial charge is 0.545 e. The molecule has 144 valence electrons. The lowest BCUT2D eigenvalue weighted by Gasteiger charge is -2.20. The molecule has 1 N–H and O–H groups in total. The van der Waals surface area contributed by atoms with Crippen LogP contribution in [0.2, 0.25) is 0 Å². The van der Waals surface area contributed by atoms with Crippen LogP contribution in [-0.4, -0.2) is 32.3 Å². The van der Waals surface area contributed by atoms with Crippen molar-refractivity contribution in [3.63, 3.8) is 0 Å². The van der Waals surface area contributed by atoms with Crippen LogP contribution in [0.4, 0.5) is 0 Å². The van der Waals surface area contributed by atoms with Gasteiger partial charge in [0.25, 0.3) is 5.91 Å². The van der Waals surface area contributed by atoms with Crippen LogP contribution in [0.25, 0.3) is 6.08 Å². The van der Waals surface area contributed by atoms with E-state index in [1.54, 1.807) is 12.1 Å². The fourth-order valence-electron chi connectivity index (χ4n) is 2.63. The number of carboxylic acid groups (broad SMARTS) is 1. The number of carboxylic acids is 1. The Morgan fingerprint density at radius 2 is 1.90 bits per heavy atom. The van der Waals surface area contributed by atoms with Gasteiger partial charge in [0.1, 0.15) is 0 Å². The van der Waals surface area contributed by atoms with Crippen LogP contribution in [0.15, 0.2) is 70.3 Å². The van der Waals surface area contributed by atoms with E-state index in [-0.39, 0.29) is 17.0 Å². The van der Waals surface area contributed by atoms with Gasteiger partial charge in [0.2, 0.25) is 5.17 Å². The standard InChI is InChI=1S/C20H14N4O3S2/c21-16-15(10-12-6-8-14(9-7-12)18(26)27)17(25)22-19-24(16)23-20(29-19)28-11-13-4-2-1-3-5-13/h1-10,21H,11H2,(H,26,27)/p-1/b15-10-,21-16?. The molecule has 1 amide bonds. The predicted molar refractivity (Wildman–Crippen MR) is 114 cm³/mol. The molecule has 0 saturated carbocycles. The average Bonchev–Trinajstić information content (AvgIpc) is 3.14. The third-order valence-corrected chi connectivity index (χ3v) is 6.21. The van der Waals surface area contributed by atoms with E-state index in [4.69, 9.17) is 5.41 Å². The maximum absolute atomic E-state index is 12.4. The Hall–Kier alpha value is -3.17. The first-order chi connectivity index (χ1) is 14.0. The summed E-state index contributed by atoms with van der Waals surface area (Å²) in [5.41, 5.74) is 1.86. The molecule has 9 heteroatoms. The van der Waals surface area contributed by atoms with Gasteiger partial charge in [0, 0.05) is 5.75 Å². The summed E-state index contributed by atoms with van der Waals surface area (Å²) in [6.45, 7) is 0. The Morgan fingerprint density at radius 3 is 2.59 bits per heavy atom.